The van der Waals surface area contributed by atoms with E-state index in [2.05, 4.69) is 51.7 Å². The quantitative estimate of drug-likeness (QED) is 0.790. The maximum absolute atomic E-state index is 5.73. The van der Waals surface area contributed by atoms with Gasteiger partial charge in [0.2, 0.25) is 0 Å². The molecule has 114 valence electrons. The van der Waals surface area contributed by atoms with Gasteiger partial charge < -0.3 is 10.1 Å². The summed E-state index contributed by atoms with van der Waals surface area (Å²) < 4.78 is 8.28. The summed E-state index contributed by atoms with van der Waals surface area (Å²) in [5.74, 6) is 0.585. The van der Waals surface area contributed by atoms with Crippen molar-refractivity contribution in [1.29, 1.82) is 0 Å². The van der Waals surface area contributed by atoms with E-state index in [0.29, 0.717) is 12.0 Å². The third-order valence-electron chi connectivity index (χ3n) is 4.20. The summed E-state index contributed by atoms with van der Waals surface area (Å²) >= 11 is 5.51. The van der Waals surface area contributed by atoms with Crippen LogP contribution in [0.1, 0.15) is 37.8 Å². The highest BCUT2D eigenvalue weighted by Crippen LogP contribution is 2.39. The Hall–Kier alpha value is -0.420. The summed E-state index contributed by atoms with van der Waals surface area (Å²) in [6, 6.07) is 6.92. The zero-order valence-electron chi connectivity index (χ0n) is 12.4. The van der Waals surface area contributed by atoms with Crippen molar-refractivity contribution < 1.29 is 4.74 Å². The second-order valence-corrected chi connectivity index (χ2v) is 7.45. The van der Waals surface area contributed by atoms with Gasteiger partial charge in [-0.05, 0) is 64.1 Å². The van der Waals surface area contributed by atoms with Gasteiger partial charge >= 0.3 is 0 Å². The first-order valence-electron chi connectivity index (χ1n) is 7.78. The lowest BCUT2D eigenvalue weighted by molar-refractivity contribution is 0.0393. The third-order valence-corrected chi connectivity index (χ3v) is 6.17. The Balaban J connectivity index is 1.95. The number of thiophene rings is 1. The van der Waals surface area contributed by atoms with Gasteiger partial charge in [0.25, 0.3) is 0 Å². The summed E-state index contributed by atoms with van der Waals surface area (Å²) in [7, 11) is 0. The Kier molecular flexibility index (Phi) is 5.33. The van der Waals surface area contributed by atoms with Crippen LogP contribution in [0.15, 0.2) is 28.1 Å². The second kappa shape index (κ2) is 7.23. The Labute approximate surface area is 139 Å². The first-order chi connectivity index (χ1) is 10.3. The molecule has 1 saturated heterocycles. The molecule has 21 heavy (non-hydrogen) atoms. The predicted octanol–water partition coefficient (Wildman–Crippen LogP) is 5.13. The van der Waals surface area contributed by atoms with Crippen LogP contribution in [0.3, 0.4) is 0 Å². The molecule has 0 radical (unpaired) electrons. The van der Waals surface area contributed by atoms with E-state index in [1.807, 2.05) is 11.3 Å². The fourth-order valence-electron chi connectivity index (χ4n) is 3.14. The van der Waals surface area contributed by atoms with Crippen LogP contribution in [0, 0.1) is 5.92 Å². The molecule has 1 aromatic heterocycles. The van der Waals surface area contributed by atoms with Crippen molar-refractivity contribution in [3.63, 3.8) is 0 Å². The van der Waals surface area contributed by atoms with Gasteiger partial charge in [-0.3, -0.25) is 0 Å². The Morgan fingerprint density at radius 1 is 1.48 bits per heavy atom. The van der Waals surface area contributed by atoms with Gasteiger partial charge in [-0.1, -0.05) is 19.1 Å². The van der Waals surface area contributed by atoms with Crippen LogP contribution in [0.25, 0.3) is 10.1 Å². The van der Waals surface area contributed by atoms with Crippen molar-refractivity contribution in [3.05, 3.63) is 33.6 Å². The smallest absolute Gasteiger partial charge is 0.0512 e. The van der Waals surface area contributed by atoms with E-state index in [1.54, 1.807) is 0 Å². The van der Waals surface area contributed by atoms with E-state index in [4.69, 9.17) is 4.74 Å². The van der Waals surface area contributed by atoms with Crippen LogP contribution in [0.2, 0.25) is 0 Å². The Morgan fingerprint density at radius 3 is 3.14 bits per heavy atom. The fraction of sp³-hybridized carbons (Fsp3) is 0.529. The molecule has 1 aliphatic rings. The zero-order chi connectivity index (χ0) is 14.7. The molecule has 4 heteroatoms. The minimum absolute atomic E-state index is 0.410. The monoisotopic (exact) mass is 367 g/mol. The molecule has 1 N–H and O–H groups in total. The van der Waals surface area contributed by atoms with E-state index in [0.717, 1.165) is 26.2 Å². The zero-order valence-corrected chi connectivity index (χ0v) is 14.8. The molecule has 2 unspecified atom stereocenters. The normalized spacial score (nSPS) is 20.8. The van der Waals surface area contributed by atoms with Crippen LogP contribution in [0.5, 0.6) is 0 Å². The predicted molar refractivity (Wildman–Crippen MR) is 94.1 cm³/mol. The molecule has 2 atom stereocenters. The molecular weight excluding hydrogens is 346 g/mol. The standard InChI is InChI=1S/C17H22BrNOS/c1-2-8-19-16(12-5-4-9-20-10-12)14-11-21-17-13(14)6-3-7-15(17)18/h3,6-7,11-12,16,19H,2,4-5,8-10H2,1H3. The molecule has 2 heterocycles. The molecule has 0 amide bonds. The number of ether oxygens (including phenoxy) is 1. The van der Waals surface area contributed by atoms with Crippen LogP contribution in [0.4, 0.5) is 0 Å². The van der Waals surface area contributed by atoms with Crippen LogP contribution < -0.4 is 5.32 Å². The largest absolute Gasteiger partial charge is 0.381 e. The lowest BCUT2D eigenvalue weighted by atomic mass is 9.88. The average Bonchev–Trinajstić information content (AvgIpc) is 2.94. The van der Waals surface area contributed by atoms with Gasteiger partial charge in [0.1, 0.15) is 0 Å². The number of halogens is 1. The molecular formula is C17H22BrNOS. The van der Waals surface area contributed by atoms with Crippen LogP contribution in [-0.2, 0) is 4.74 Å². The number of benzene rings is 1. The average molecular weight is 368 g/mol. The first kappa shape index (κ1) is 15.5. The SMILES string of the molecule is CCCNC(c1csc2c(Br)cccc12)C1CCCOC1. The molecule has 0 saturated carbocycles. The molecule has 2 aromatic rings. The van der Waals surface area contributed by atoms with Gasteiger partial charge in [-0.15, -0.1) is 11.3 Å². The Bertz CT molecular complexity index is 591. The van der Waals surface area contributed by atoms with Crippen molar-refractivity contribution in [1.82, 2.24) is 5.32 Å². The second-order valence-electron chi connectivity index (χ2n) is 5.72. The molecule has 1 aliphatic heterocycles. The number of nitrogens with one attached hydrogen (secondary N) is 1. The van der Waals surface area contributed by atoms with Crippen molar-refractivity contribution in [2.24, 2.45) is 5.92 Å². The highest BCUT2D eigenvalue weighted by molar-refractivity contribution is 9.10. The molecule has 0 aliphatic carbocycles. The maximum Gasteiger partial charge on any atom is 0.0512 e. The van der Waals surface area contributed by atoms with Crippen LogP contribution >= 0.6 is 27.3 Å². The lowest BCUT2D eigenvalue weighted by Gasteiger charge is -2.31. The number of hydrogen-bond donors (Lipinski definition) is 1. The van der Waals surface area contributed by atoms with Gasteiger partial charge in [0, 0.05) is 27.7 Å². The van der Waals surface area contributed by atoms with E-state index >= 15 is 0 Å². The first-order valence-corrected chi connectivity index (χ1v) is 9.45. The topological polar surface area (TPSA) is 21.3 Å². The van der Waals surface area contributed by atoms with Gasteiger partial charge in [0.15, 0.2) is 0 Å². The minimum Gasteiger partial charge on any atom is -0.381 e. The van der Waals surface area contributed by atoms with Gasteiger partial charge in [-0.2, -0.15) is 0 Å². The molecule has 0 bridgehead atoms. The summed E-state index contributed by atoms with van der Waals surface area (Å²) in [5.41, 5.74) is 1.44. The maximum atomic E-state index is 5.73. The highest BCUT2D eigenvalue weighted by Gasteiger charge is 2.27. The van der Waals surface area contributed by atoms with E-state index in [9.17, 15) is 0 Å². The summed E-state index contributed by atoms with van der Waals surface area (Å²) in [6.45, 7) is 5.09. The number of fused-ring (bicyclic) bond motifs is 1. The summed E-state index contributed by atoms with van der Waals surface area (Å²) in [4.78, 5) is 0. The van der Waals surface area contributed by atoms with E-state index in [-0.39, 0.29) is 0 Å². The molecule has 1 fully saturated rings. The highest BCUT2D eigenvalue weighted by atomic mass is 79.9. The van der Waals surface area contributed by atoms with Gasteiger partial charge in [0.05, 0.1) is 6.61 Å². The fourth-order valence-corrected chi connectivity index (χ4v) is 4.80. The van der Waals surface area contributed by atoms with Gasteiger partial charge in [-0.25, -0.2) is 0 Å². The van der Waals surface area contributed by atoms with E-state index in [1.165, 1.54) is 33.0 Å². The molecule has 1 aromatic carbocycles. The summed E-state index contributed by atoms with van der Waals surface area (Å²) in [6.07, 6.45) is 3.60. The van der Waals surface area contributed by atoms with Crippen molar-refractivity contribution in [3.8, 4) is 0 Å². The molecule has 3 rings (SSSR count). The number of rotatable bonds is 5. The van der Waals surface area contributed by atoms with E-state index < -0.39 is 0 Å². The lowest BCUT2D eigenvalue weighted by Crippen LogP contribution is -2.33. The van der Waals surface area contributed by atoms with Crippen LogP contribution in [-0.4, -0.2) is 19.8 Å². The summed E-state index contributed by atoms with van der Waals surface area (Å²) in [5, 5.41) is 7.48. The molecule has 2 nitrogen and oxygen atoms in total. The Morgan fingerprint density at radius 2 is 2.38 bits per heavy atom. The van der Waals surface area contributed by atoms with Crippen molar-refractivity contribution >= 4 is 37.4 Å². The third kappa shape index (κ3) is 3.34. The van der Waals surface area contributed by atoms with Crippen molar-refractivity contribution in [2.75, 3.05) is 19.8 Å². The van der Waals surface area contributed by atoms with Crippen molar-refractivity contribution in [2.45, 2.75) is 32.2 Å². The molecule has 0 spiro atoms. The number of hydrogen-bond acceptors (Lipinski definition) is 3. The minimum atomic E-state index is 0.410.